The molecule has 2 amide bonds. The summed E-state index contributed by atoms with van der Waals surface area (Å²) >= 11 is 0. The van der Waals surface area contributed by atoms with Gasteiger partial charge in [0, 0.05) is 26.2 Å². The van der Waals surface area contributed by atoms with Crippen molar-refractivity contribution in [3.8, 4) is 0 Å². The average Bonchev–Trinajstić information content (AvgIpc) is 3.17. The van der Waals surface area contributed by atoms with Crippen molar-refractivity contribution in [1.29, 1.82) is 0 Å². The second-order valence-corrected chi connectivity index (χ2v) is 6.79. The number of nitrogens with zero attached hydrogens (tertiary/aromatic N) is 4. The fraction of sp³-hybridized carbons (Fsp3) is 0.444. The Morgan fingerprint density at radius 2 is 2.04 bits per heavy atom. The third-order valence-corrected chi connectivity index (χ3v) is 5.09. The minimum Gasteiger partial charge on any atom is -0.306 e. The molecule has 2 N–H and O–H groups in total. The van der Waals surface area contributed by atoms with Crippen molar-refractivity contribution in [3.05, 3.63) is 40.6 Å². The zero-order valence-electron chi connectivity index (χ0n) is 15.0. The number of benzene rings is 1. The summed E-state index contributed by atoms with van der Waals surface area (Å²) in [6.45, 7) is 5.30. The first-order valence-corrected chi connectivity index (χ1v) is 8.91. The van der Waals surface area contributed by atoms with E-state index in [1.165, 1.54) is 0 Å². The monoisotopic (exact) mass is 354 g/mol. The van der Waals surface area contributed by atoms with Crippen LogP contribution in [0.1, 0.15) is 35.3 Å². The number of rotatable bonds is 3. The molecule has 26 heavy (non-hydrogen) atoms. The minimum absolute atomic E-state index is 0.0812. The van der Waals surface area contributed by atoms with Crippen LogP contribution >= 0.6 is 0 Å². The first kappa shape index (κ1) is 16.9. The van der Waals surface area contributed by atoms with Gasteiger partial charge in [-0.25, -0.2) is 9.80 Å². The molecule has 0 aromatic heterocycles. The number of ketones is 1. The number of Topliss-reactive ketones (excluding diaryl/α,β-unsaturated/α-hetero) is 1. The normalized spacial score (nSPS) is 22.5. The van der Waals surface area contributed by atoms with Crippen molar-refractivity contribution in [1.82, 2.24) is 15.3 Å². The molecular formula is C18H22N6O2. The second-order valence-electron chi connectivity index (χ2n) is 6.79. The summed E-state index contributed by atoms with van der Waals surface area (Å²) in [5.74, 6) is -0.0812. The molecule has 4 rings (SSSR count). The molecule has 1 fully saturated rings. The number of hydrogen-bond acceptors (Lipinski definition) is 6. The number of urea groups is 1. The van der Waals surface area contributed by atoms with Gasteiger partial charge in [-0.3, -0.25) is 10.2 Å². The molecule has 1 atom stereocenters. The van der Waals surface area contributed by atoms with E-state index in [1.54, 1.807) is 6.07 Å². The number of allylic oxidation sites excluding steroid dienone is 1. The highest BCUT2D eigenvalue weighted by atomic mass is 16.2. The molecule has 1 aromatic carbocycles. The van der Waals surface area contributed by atoms with Crippen molar-refractivity contribution in [3.63, 3.8) is 0 Å². The van der Waals surface area contributed by atoms with Crippen LogP contribution in [0.3, 0.4) is 0 Å². The van der Waals surface area contributed by atoms with Crippen molar-refractivity contribution in [2.75, 3.05) is 38.5 Å². The molecule has 1 aromatic rings. The predicted octanol–water partition coefficient (Wildman–Crippen LogP) is 2.34. The fourth-order valence-corrected chi connectivity index (χ4v) is 3.63. The lowest BCUT2D eigenvalue weighted by Gasteiger charge is -2.32. The highest BCUT2D eigenvalue weighted by molar-refractivity contribution is 6.19. The van der Waals surface area contributed by atoms with Gasteiger partial charge in [-0.2, -0.15) is 10.2 Å². The van der Waals surface area contributed by atoms with Crippen LogP contribution in [0, 0.1) is 0 Å². The maximum absolute atomic E-state index is 12.9. The molecule has 0 bridgehead atoms. The van der Waals surface area contributed by atoms with Crippen molar-refractivity contribution in [2.45, 2.75) is 19.4 Å². The Balaban J connectivity index is 1.53. The molecule has 1 saturated heterocycles. The third kappa shape index (κ3) is 2.81. The Hall–Kier alpha value is -2.58. The lowest BCUT2D eigenvalue weighted by Crippen LogP contribution is -2.53. The first-order valence-electron chi connectivity index (χ1n) is 8.91. The van der Waals surface area contributed by atoms with Gasteiger partial charge in [0.1, 0.15) is 6.04 Å². The average molecular weight is 354 g/mol. The van der Waals surface area contributed by atoms with Crippen LogP contribution in [0.4, 0.5) is 10.5 Å². The molecular weight excluding hydrogens is 332 g/mol. The number of likely N-dealkylation sites (N-methyl/N-ethyl adjacent to an activating group) is 1. The number of carbonyl (C=O) groups is 2. The molecule has 136 valence electrons. The van der Waals surface area contributed by atoms with E-state index in [-0.39, 0.29) is 17.9 Å². The number of anilines is 1. The molecule has 3 aliphatic rings. The Labute approximate surface area is 151 Å². The molecule has 2 aliphatic heterocycles. The van der Waals surface area contributed by atoms with E-state index < -0.39 is 0 Å². The van der Waals surface area contributed by atoms with Gasteiger partial charge < -0.3 is 10.2 Å². The Morgan fingerprint density at radius 1 is 1.27 bits per heavy atom. The maximum Gasteiger partial charge on any atom is 0.333 e. The van der Waals surface area contributed by atoms with Crippen LogP contribution in [0.25, 0.3) is 0 Å². The highest BCUT2D eigenvalue weighted by Gasteiger charge is 2.41. The van der Waals surface area contributed by atoms with Crippen LogP contribution in [-0.4, -0.2) is 54.9 Å². The summed E-state index contributed by atoms with van der Waals surface area (Å²) in [7, 11) is 2.06. The zero-order chi connectivity index (χ0) is 18.3. The van der Waals surface area contributed by atoms with E-state index in [9.17, 15) is 9.59 Å². The molecule has 1 unspecified atom stereocenters. The smallest absolute Gasteiger partial charge is 0.306 e. The van der Waals surface area contributed by atoms with Gasteiger partial charge in [0.15, 0.2) is 5.78 Å². The van der Waals surface area contributed by atoms with Gasteiger partial charge in [0.2, 0.25) is 0 Å². The Morgan fingerprint density at radius 3 is 2.77 bits per heavy atom. The van der Waals surface area contributed by atoms with Gasteiger partial charge in [-0.05, 0) is 25.1 Å². The lowest BCUT2D eigenvalue weighted by atomic mass is 10.1. The number of hydrazine groups is 1. The van der Waals surface area contributed by atoms with Gasteiger partial charge in [0.05, 0.1) is 22.5 Å². The SMILES string of the molecule is CCC1=C2C(=O)c3c(NC(=O)NN4CCN(C)CC4)cccc3C2N=N1. The van der Waals surface area contributed by atoms with Crippen molar-refractivity contribution >= 4 is 17.5 Å². The first-order chi connectivity index (χ1) is 12.6. The van der Waals surface area contributed by atoms with Gasteiger partial charge in [-0.1, -0.05) is 19.1 Å². The number of amides is 2. The van der Waals surface area contributed by atoms with Crippen molar-refractivity contribution in [2.24, 2.45) is 10.2 Å². The van der Waals surface area contributed by atoms with Crippen LogP contribution in [0.2, 0.25) is 0 Å². The number of piperazine rings is 1. The summed E-state index contributed by atoms with van der Waals surface area (Å²) in [4.78, 5) is 27.5. The quantitative estimate of drug-likeness (QED) is 0.872. The second kappa shape index (κ2) is 6.62. The summed E-state index contributed by atoms with van der Waals surface area (Å²) < 4.78 is 0. The van der Waals surface area contributed by atoms with Crippen LogP contribution in [-0.2, 0) is 0 Å². The van der Waals surface area contributed by atoms with E-state index in [0.717, 1.165) is 37.4 Å². The van der Waals surface area contributed by atoms with Crippen LogP contribution in [0.15, 0.2) is 39.7 Å². The standard InChI is InChI=1S/C18H22N6O2/c1-3-12-15-16(21-20-12)11-5-4-6-13(14(11)17(15)25)19-18(26)22-24-9-7-23(2)8-10-24/h4-6,16H,3,7-10H2,1-2H3,(H2,19,22,26). The van der Waals surface area contributed by atoms with E-state index in [1.807, 2.05) is 24.1 Å². The minimum atomic E-state index is -0.334. The molecule has 0 saturated carbocycles. The summed E-state index contributed by atoms with van der Waals surface area (Å²) in [5.41, 5.74) is 6.11. The fourth-order valence-electron chi connectivity index (χ4n) is 3.63. The lowest BCUT2D eigenvalue weighted by molar-refractivity contribution is 0.103. The molecule has 8 nitrogen and oxygen atoms in total. The van der Waals surface area contributed by atoms with E-state index in [4.69, 9.17) is 0 Å². The largest absolute Gasteiger partial charge is 0.333 e. The Kier molecular flexibility index (Phi) is 4.29. The van der Waals surface area contributed by atoms with Gasteiger partial charge >= 0.3 is 6.03 Å². The topological polar surface area (TPSA) is 89.4 Å². The van der Waals surface area contributed by atoms with Crippen LogP contribution in [0.5, 0.6) is 0 Å². The highest BCUT2D eigenvalue weighted by Crippen LogP contribution is 2.47. The van der Waals surface area contributed by atoms with Gasteiger partial charge in [-0.15, -0.1) is 0 Å². The van der Waals surface area contributed by atoms with E-state index in [2.05, 4.69) is 32.9 Å². The number of carbonyl (C=O) groups excluding carboxylic acids is 2. The number of fused-ring (bicyclic) bond motifs is 3. The van der Waals surface area contributed by atoms with E-state index in [0.29, 0.717) is 23.2 Å². The predicted molar refractivity (Wildman–Crippen MR) is 96.9 cm³/mol. The summed E-state index contributed by atoms with van der Waals surface area (Å²) in [6, 6.07) is 4.81. The number of azo groups is 1. The number of hydrogen-bond donors (Lipinski definition) is 2. The molecule has 0 radical (unpaired) electrons. The maximum atomic E-state index is 12.9. The molecule has 2 heterocycles. The number of nitrogens with one attached hydrogen (secondary N) is 2. The summed E-state index contributed by atoms with van der Waals surface area (Å²) in [5, 5.41) is 13.1. The molecule has 8 heteroatoms. The van der Waals surface area contributed by atoms with Crippen molar-refractivity contribution < 1.29 is 9.59 Å². The Bertz CT molecular complexity index is 823. The van der Waals surface area contributed by atoms with E-state index >= 15 is 0 Å². The zero-order valence-corrected chi connectivity index (χ0v) is 15.0. The molecule has 1 aliphatic carbocycles. The third-order valence-electron chi connectivity index (χ3n) is 5.09. The summed E-state index contributed by atoms with van der Waals surface area (Å²) in [6.07, 6.45) is 0.668. The van der Waals surface area contributed by atoms with Crippen LogP contribution < -0.4 is 10.7 Å². The van der Waals surface area contributed by atoms with Gasteiger partial charge in [0.25, 0.3) is 0 Å². The molecule has 0 spiro atoms.